The Hall–Kier alpha value is -1.40. The lowest BCUT2D eigenvalue weighted by Crippen LogP contribution is -1.85. The fourth-order valence-corrected chi connectivity index (χ4v) is 1.04. The van der Waals surface area contributed by atoms with Crippen molar-refractivity contribution in [3.05, 3.63) is 22.7 Å². The Morgan fingerprint density at radius 1 is 1.58 bits per heavy atom. The Bertz CT molecular complexity index is 344. The number of hydrogen-bond acceptors (Lipinski definition) is 3. The summed E-state index contributed by atoms with van der Waals surface area (Å²) in [6, 6.07) is 4.77. The summed E-state index contributed by atoms with van der Waals surface area (Å²) in [7, 11) is 1.44. The third kappa shape index (κ3) is 1.29. The monoisotopic (exact) mass is 183 g/mol. The zero-order valence-corrected chi connectivity index (χ0v) is 7.09. The zero-order chi connectivity index (χ0) is 9.14. The van der Waals surface area contributed by atoms with Gasteiger partial charge in [-0.1, -0.05) is 11.6 Å². The second kappa shape index (κ2) is 3.33. The Labute approximate surface area is 74.8 Å². The molecule has 0 spiro atoms. The maximum absolute atomic E-state index is 9.28. The van der Waals surface area contributed by atoms with E-state index in [-0.39, 0.29) is 16.3 Å². The molecular formula is C8H6ClNO2. The molecule has 1 N–H and O–H groups in total. The Morgan fingerprint density at radius 3 is 2.75 bits per heavy atom. The number of hydrogen-bond donors (Lipinski definition) is 1. The first-order valence-corrected chi connectivity index (χ1v) is 3.54. The standard InChI is InChI=1S/C8H6ClNO2/c1-12-6-3-2-5(4-10)8(11)7(6)9/h2-3,11H,1H3. The predicted molar refractivity (Wildman–Crippen MR) is 44.4 cm³/mol. The summed E-state index contributed by atoms with van der Waals surface area (Å²) in [5.74, 6) is 0.117. The number of aromatic hydroxyl groups is 1. The van der Waals surface area contributed by atoms with Crippen molar-refractivity contribution < 1.29 is 9.84 Å². The van der Waals surface area contributed by atoms with Crippen LogP contribution >= 0.6 is 11.6 Å². The van der Waals surface area contributed by atoms with Crippen LogP contribution in [0.25, 0.3) is 0 Å². The van der Waals surface area contributed by atoms with Gasteiger partial charge in [0, 0.05) is 0 Å². The minimum atomic E-state index is -0.237. The van der Waals surface area contributed by atoms with Crippen molar-refractivity contribution in [1.29, 1.82) is 5.26 Å². The number of phenolic OH excluding ortho intramolecular Hbond substituents is 1. The van der Waals surface area contributed by atoms with Crippen LogP contribution in [-0.2, 0) is 0 Å². The van der Waals surface area contributed by atoms with Crippen LogP contribution < -0.4 is 4.74 Å². The highest BCUT2D eigenvalue weighted by molar-refractivity contribution is 6.33. The van der Waals surface area contributed by atoms with E-state index in [1.54, 1.807) is 6.07 Å². The molecule has 0 aromatic heterocycles. The minimum Gasteiger partial charge on any atom is -0.505 e. The van der Waals surface area contributed by atoms with Gasteiger partial charge >= 0.3 is 0 Å². The van der Waals surface area contributed by atoms with Crippen LogP contribution in [0.3, 0.4) is 0 Å². The number of nitriles is 1. The smallest absolute Gasteiger partial charge is 0.155 e. The molecule has 0 saturated heterocycles. The molecule has 0 saturated carbocycles. The van der Waals surface area contributed by atoms with Crippen molar-refractivity contribution in [2.45, 2.75) is 0 Å². The summed E-state index contributed by atoms with van der Waals surface area (Å²) in [4.78, 5) is 0. The van der Waals surface area contributed by atoms with E-state index < -0.39 is 0 Å². The number of nitrogens with zero attached hydrogens (tertiary/aromatic N) is 1. The molecule has 4 heteroatoms. The van der Waals surface area contributed by atoms with E-state index in [0.29, 0.717) is 5.75 Å². The number of benzene rings is 1. The van der Waals surface area contributed by atoms with Crippen molar-refractivity contribution in [1.82, 2.24) is 0 Å². The molecule has 0 aliphatic heterocycles. The van der Waals surface area contributed by atoms with Gasteiger partial charge in [-0.05, 0) is 12.1 Å². The van der Waals surface area contributed by atoms with E-state index in [0.717, 1.165) is 0 Å². The third-order valence-corrected chi connectivity index (χ3v) is 1.79. The quantitative estimate of drug-likeness (QED) is 0.724. The van der Waals surface area contributed by atoms with Crippen molar-refractivity contribution in [3.8, 4) is 17.6 Å². The molecule has 0 aliphatic carbocycles. The SMILES string of the molecule is COc1ccc(C#N)c(O)c1Cl. The molecule has 3 nitrogen and oxygen atoms in total. The highest BCUT2D eigenvalue weighted by atomic mass is 35.5. The molecule has 1 rings (SSSR count). The molecule has 0 radical (unpaired) electrons. The second-order valence-corrected chi connectivity index (χ2v) is 2.47. The van der Waals surface area contributed by atoms with Crippen LogP contribution in [0.1, 0.15) is 5.56 Å². The Kier molecular flexibility index (Phi) is 2.41. The summed E-state index contributed by atoms with van der Waals surface area (Å²) in [6.07, 6.45) is 0. The fraction of sp³-hybridized carbons (Fsp3) is 0.125. The topological polar surface area (TPSA) is 53.2 Å². The number of halogens is 1. The summed E-state index contributed by atoms with van der Waals surface area (Å²) >= 11 is 5.65. The molecule has 1 aromatic carbocycles. The van der Waals surface area contributed by atoms with Gasteiger partial charge in [0.15, 0.2) is 5.75 Å². The average molecular weight is 184 g/mol. The maximum atomic E-state index is 9.28. The lowest BCUT2D eigenvalue weighted by molar-refractivity contribution is 0.408. The first kappa shape index (κ1) is 8.69. The summed E-state index contributed by atoms with van der Waals surface area (Å²) < 4.78 is 4.82. The van der Waals surface area contributed by atoms with E-state index in [4.69, 9.17) is 21.6 Å². The largest absolute Gasteiger partial charge is 0.505 e. The third-order valence-electron chi connectivity index (χ3n) is 1.42. The van der Waals surface area contributed by atoms with Crippen LogP contribution in [0.4, 0.5) is 0 Å². The molecule has 12 heavy (non-hydrogen) atoms. The van der Waals surface area contributed by atoms with Gasteiger partial charge in [0.25, 0.3) is 0 Å². The second-order valence-electron chi connectivity index (χ2n) is 2.09. The highest BCUT2D eigenvalue weighted by Gasteiger charge is 2.09. The number of phenols is 1. The van der Waals surface area contributed by atoms with Gasteiger partial charge in [0.05, 0.1) is 12.7 Å². The number of methoxy groups -OCH3 is 1. The van der Waals surface area contributed by atoms with Gasteiger partial charge in [-0.15, -0.1) is 0 Å². The van der Waals surface area contributed by atoms with Gasteiger partial charge in [0.1, 0.15) is 16.8 Å². The lowest BCUT2D eigenvalue weighted by atomic mass is 10.2. The molecule has 0 aliphatic rings. The molecular weight excluding hydrogens is 178 g/mol. The molecule has 1 aromatic rings. The zero-order valence-electron chi connectivity index (χ0n) is 6.34. The van der Waals surface area contributed by atoms with Crippen LogP contribution in [0.5, 0.6) is 11.5 Å². The van der Waals surface area contributed by atoms with Crippen molar-refractivity contribution in [2.24, 2.45) is 0 Å². The van der Waals surface area contributed by atoms with Gasteiger partial charge < -0.3 is 9.84 Å². The first-order valence-electron chi connectivity index (χ1n) is 3.16. The average Bonchev–Trinajstić information content (AvgIpc) is 2.10. The maximum Gasteiger partial charge on any atom is 0.155 e. The van der Waals surface area contributed by atoms with Crippen molar-refractivity contribution in [3.63, 3.8) is 0 Å². The lowest BCUT2D eigenvalue weighted by Gasteiger charge is -2.04. The van der Waals surface area contributed by atoms with E-state index in [2.05, 4.69) is 0 Å². The number of rotatable bonds is 1. The molecule has 0 atom stereocenters. The predicted octanol–water partition coefficient (Wildman–Crippen LogP) is 1.93. The molecule has 0 amide bonds. The van der Waals surface area contributed by atoms with Crippen LogP contribution in [0.15, 0.2) is 12.1 Å². The fourth-order valence-electron chi connectivity index (χ4n) is 0.794. The van der Waals surface area contributed by atoms with Crippen molar-refractivity contribution >= 4 is 11.6 Å². The summed E-state index contributed by atoms with van der Waals surface area (Å²) in [5.41, 5.74) is 0.140. The molecule has 0 bridgehead atoms. The molecule has 0 fully saturated rings. The van der Waals surface area contributed by atoms with E-state index in [1.807, 2.05) is 0 Å². The molecule has 0 heterocycles. The highest BCUT2D eigenvalue weighted by Crippen LogP contribution is 2.35. The van der Waals surface area contributed by atoms with Crippen LogP contribution in [0, 0.1) is 11.3 Å². The molecule has 0 unspecified atom stereocenters. The van der Waals surface area contributed by atoms with Gasteiger partial charge in [0.2, 0.25) is 0 Å². The van der Waals surface area contributed by atoms with E-state index in [9.17, 15) is 5.11 Å². The summed E-state index contributed by atoms with van der Waals surface area (Å²) in [6.45, 7) is 0. The normalized spacial score (nSPS) is 9.08. The van der Waals surface area contributed by atoms with Gasteiger partial charge in [-0.3, -0.25) is 0 Å². The Balaban J connectivity index is 3.32. The van der Waals surface area contributed by atoms with E-state index in [1.165, 1.54) is 19.2 Å². The van der Waals surface area contributed by atoms with Crippen LogP contribution in [0.2, 0.25) is 5.02 Å². The van der Waals surface area contributed by atoms with E-state index >= 15 is 0 Å². The molecule has 62 valence electrons. The van der Waals surface area contributed by atoms with Gasteiger partial charge in [-0.2, -0.15) is 5.26 Å². The van der Waals surface area contributed by atoms with Crippen molar-refractivity contribution in [2.75, 3.05) is 7.11 Å². The van der Waals surface area contributed by atoms with Crippen LogP contribution in [-0.4, -0.2) is 12.2 Å². The summed E-state index contributed by atoms with van der Waals surface area (Å²) in [5, 5.41) is 17.8. The Morgan fingerprint density at radius 2 is 2.25 bits per heavy atom. The number of ether oxygens (including phenoxy) is 1. The van der Waals surface area contributed by atoms with Gasteiger partial charge in [-0.25, -0.2) is 0 Å². The minimum absolute atomic E-state index is 0.0663. The first-order chi connectivity index (χ1) is 5.70.